The second-order valence-electron chi connectivity index (χ2n) is 7.43. The molecular formula is C17H33N. The molecule has 0 radical (unpaired) electrons. The third-order valence-electron chi connectivity index (χ3n) is 5.72. The number of hydrogen-bond acceptors (Lipinski definition) is 1. The van der Waals surface area contributed by atoms with Crippen LogP contribution in [0.4, 0.5) is 0 Å². The smallest absolute Gasteiger partial charge is 0.00954 e. The van der Waals surface area contributed by atoms with Gasteiger partial charge in [0.2, 0.25) is 0 Å². The summed E-state index contributed by atoms with van der Waals surface area (Å²) in [5.74, 6) is 3.80. The van der Waals surface area contributed by atoms with Crippen molar-refractivity contribution in [1.29, 1.82) is 0 Å². The van der Waals surface area contributed by atoms with Crippen molar-refractivity contribution in [3.8, 4) is 0 Å². The van der Waals surface area contributed by atoms with Gasteiger partial charge in [0.05, 0.1) is 0 Å². The van der Waals surface area contributed by atoms with Crippen LogP contribution in [0.3, 0.4) is 0 Å². The summed E-state index contributed by atoms with van der Waals surface area (Å²) < 4.78 is 0. The Kier molecular flexibility index (Phi) is 5.12. The Labute approximate surface area is 114 Å². The van der Waals surface area contributed by atoms with Crippen LogP contribution in [0.5, 0.6) is 0 Å². The fourth-order valence-corrected chi connectivity index (χ4v) is 4.08. The second-order valence-corrected chi connectivity index (χ2v) is 7.43. The molecule has 2 rings (SSSR count). The summed E-state index contributed by atoms with van der Waals surface area (Å²) >= 11 is 0. The fraction of sp³-hybridized carbons (Fsp3) is 1.00. The lowest BCUT2D eigenvalue weighted by atomic mass is 9.78. The topological polar surface area (TPSA) is 3.24 Å². The maximum Gasteiger partial charge on any atom is 0.00954 e. The average Bonchev–Trinajstić information content (AvgIpc) is 2.39. The predicted octanol–water partition coefficient (Wildman–Crippen LogP) is 4.57. The Bertz CT molecular complexity index is 204. The van der Waals surface area contributed by atoms with Gasteiger partial charge in [-0.2, -0.15) is 0 Å². The van der Waals surface area contributed by atoms with E-state index in [2.05, 4.69) is 32.6 Å². The van der Waals surface area contributed by atoms with E-state index < -0.39 is 0 Å². The zero-order valence-electron chi connectivity index (χ0n) is 13.0. The maximum atomic E-state index is 2.81. The zero-order chi connectivity index (χ0) is 13.1. The molecule has 1 nitrogen and oxygen atoms in total. The van der Waals surface area contributed by atoms with Crippen molar-refractivity contribution in [3.63, 3.8) is 0 Å². The van der Waals surface area contributed by atoms with Crippen LogP contribution in [-0.4, -0.2) is 24.0 Å². The molecule has 0 spiro atoms. The lowest BCUT2D eigenvalue weighted by molar-refractivity contribution is 0.0769. The van der Waals surface area contributed by atoms with Crippen LogP contribution < -0.4 is 0 Å². The minimum atomic E-state index is 0.892. The highest BCUT2D eigenvalue weighted by atomic mass is 15.2. The first-order valence-corrected chi connectivity index (χ1v) is 8.32. The molecule has 1 heterocycles. The molecule has 2 fully saturated rings. The molecule has 1 saturated carbocycles. The number of likely N-dealkylation sites (tertiary alicyclic amines) is 1. The van der Waals surface area contributed by atoms with E-state index in [1.807, 2.05) is 0 Å². The number of rotatable bonds is 3. The molecule has 1 heteroatoms. The Hall–Kier alpha value is -0.0400. The van der Waals surface area contributed by atoms with Gasteiger partial charge in [0.25, 0.3) is 0 Å². The van der Waals surface area contributed by atoms with Gasteiger partial charge < -0.3 is 4.90 Å². The minimum absolute atomic E-state index is 0.892. The summed E-state index contributed by atoms with van der Waals surface area (Å²) in [7, 11) is 0. The van der Waals surface area contributed by atoms with Crippen LogP contribution in [0, 0.1) is 23.7 Å². The Morgan fingerprint density at radius 1 is 0.667 bits per heavy atom. The highest BCUT2D eigenvalue weighted by Gasteiger charge is 2.30. The van der Waals surface area contributed by atoms with E-state index in [0.29, 0.717) is 0 Å². The minimum Gasteiger partial charge on any atom is -0.300 e. The summed E-state index contributed by atoms with van der Waals surface area (Å²) in [6, 6.07) is 0.924. The van der Waals surface area contributed by atoms with E-state index in [4.69, 9.17) is 0 Å². The van der Waals surface area contributed by atoms with Crippen LogP contribution >= 0.6 is 0 Å². The molecule has 106 valence electrons. The summed E-state index contributed by atoms with van der Waals surface area (Å²) in [5, 5.41) is 0. The molecule has 0 aromatic heterocycles. The predicted molar refractivity (Wildman–Crippen MR) is 79.7 cm³/mol. The second kappa shape index (κ2) is 6.41. The van der Waals surface area contributed by atoms with Crippen molar-refractivity contribution < 1.29 is 0 Å². The first-order chi connectivity index (χ1) is 8.58. The van der Waals surface area contributed by atoms with Gasteiger partial charge in [-0.3, -0.25) is 0 Å². The van der Waals surface area contributed by atoms with Crippen molar-refractivity contribution in [1.82, 2.24) is 4.90 Å². The maximum absolute atomic E-state index is 2.81. The standard InChI is InChI=1S/C17H33N/c1-13(2)15-5-7-17(8-6-15)18-11-9-16(10-12-18)14(3)4/h13-17H,5-12H2,1-4H3. The first kappa shape index (κ1) is 14.4. The lowest BCUT2D eigenvalue weighted by Crippen LogP contribution is -2.44. The van der Waals surface area contributed by atoms with E-state index in [1.54, 1.807) is 0 Å². The van der Waals surface area contributed by atoms with Crippen molar-refractivity contribution in [3.05, 3.63) is 0 Å². The molecule has 0 aromatic rings. The van der Waals surface area contributed by atoms with Crippen LogP contribution in [0.1, 0.15) is 66.2 Å². The van der Waals surface area contributed by atoms with Gasteiger partial charge in [-0.15, -0.1) is 0 Å². The third kappa shape index (κ3) is 3.50. The van der Waals surface area contributed by atoms with Crippen molar-refractivity contribution in [2.45, 2.75) is 72.3 Å². The molecule has 1 aliphatic carbocycles. The summed E-state index contributed by atoms with van der Waals surface area (Å²) in [6.45, 7) is 12.3. The quantitative estimate of drug-likeness (QED) is 0.710. The molecule has 0 atom stereocenters. The molecule has 18 heavy (non-hydrogen) atoms. The lowest BCUT2D eigenvalue weighted by Gasteiger charge is -2.42. The van der Waals surface area contributed by atoms with Gasteiger partial charge in [-0.25, -0.2) is 0 Å². The fourth-order valence-electron chi connectivity index (χ4n) is 4.08. The Morgan fingerprint density at radius 2 is 1.11 bits per heavy atom. The van der Waals surface area contributed by atoms with Gasteiger partial charge in [0.1, 0.15) is 0 Å². The molecular weight excluding hydrogens is 218 g/mol. The Balaban J connectivity index is 1.75. The average molecular weight is 251 g/mol. The SMILES string of the molecule is CC(C)C1CCC(N2CCC(C(C)C)CC2)CC1. The van der Waals surface area contributed by atoms with Gasteiger partial charge >= 0.3 is 0 Å². The highest BCUT2D eigenvalue weighted by Crippen LogP contribution is 2.34. The summed E-state index contributed by atoms with van der Waals surface area (Å²) in [6.07, 6.45) is 8.78. The van der Waals surface area contributed by atoms with Gasteiger partial charge in [-0.05, 0) is 75.3 Å². The number of nitrogens with zero attached hydrogens (tertiary/aromatic N) is 1. The van der Waals surface area contributed by atoms with E-state index in [0.717, 1.165) is 29.7 Å². The Morgan fingerprint density at radius 3 is 1.56 bits per heavy atom. The van der Waals surface area contributed by atoms with Crippen LogP contribution in [-0.2, 0) is 0 Å². The van der Waals surface area contributed by atoms with Crippen LogP contribution in [0.15, 0.2) is 0 Å². The van der Waals surface area contributed by atoms with Gasteiger partial charge in [0, 0.05) is 6.04 Å². The van der Waals surface area contributed by atoms with E-state index in [1.165, 1.54) is 51.6 Å². The molecule has 0 aromatic carbocycles. The largest absolute Gasteiger partial charge is 0.300 e. The highest BCUT2D eigenvalue weighted by molar-refractivity contribution is 4.84. The van der Waals surface area contributed by atoms with Gasteiger partial charge in [-0.1, -0.05) is 27.7 Å². The molecule has 0 bridgehead atoms. The van der Waals surface area contributed by atoms with Gasteiger partial charge in [0.15, 0.2) is 0 Å². The van der Waals surface area contributed by atoms with Crippen molar-refractivity contribution in [2.24, 2.45) is 23.7 Å². The normalized spacial score (nSPS) is 32.3. The first-order valence-electron chi connectivity index (χ1n) is 8.32. The number of hydrogen-bond donors (Lipinski definition) is 0. The van der Waals surface area contributed by atoms with Crippen LogP contribution in [0.2, 0.25) is 0 Å². The molecule has 0 amide bonds. The van der Waals surface area contributed by atoms with E-state index in [9.17, 15) is 0 Å². The molecule has 0 unspecified atom stereocenters. The number of piperidine rings is 1. The van der Waals surface area contributed by atoms with Crippen molar-refractivity contribution in [2.75, 3.05) is 13.1 Å². The summed E-state index contributed by atoms with van der Waals surface area (Å²) in [4.78, 5) is 2.81. The third-order valence-corrected chi connectivity index (χ3v) is 5.72. The van der Waals surface area contributed by atoms with Crippen molar-refractivity contribution >= 4 is 0 Å². The van der Waals surface area contributed by atoms with Crippen LogP contribution in [0.25, 0.3) is 0 Å². The zero-order valence-corrected chi connectivity index (χ0v) is 13.0. The molecule has 1 saturated heterocycles. The summed E-state index contributed by atoms with van der Waals surface area (Å²) in [5.41, 5.74) is 0. The molecule has 0 N–H and O–H groups in total. The monoisotopic (exact) mass is 251 g/mol. The molecule has 1 aliphatic heterocycles. The molecule has 2 aliphatic rings. The van der Waals surface area contributed by atoms with E-state index in [-0.39, 0.29) is 0 Å². The van der Waals surface area contributed by atoms with E-state index >= 15 is 0 Å².